The number of methoxy groups -OCH3 is 1. The molecule has 0 radical (unpaired) electrons. The summed E-state index contributed by atoms with van der Waals surface area (Å²) in [6.45, 7) is 1.82. The Morgan fingerprint density at radius 2 is 1.85 bits per heavy atom. The van der Waals surface area contributed by atoms with Crippen molar-refractivity contribution in [3.63, 3.8) is 0 Å². The van der Waals surface area contributed by atoms with Gasteiger partial charge in [-0.1, -0.05) is 11.6 Å². The summed E-state index contributed by atoms with van der Waals surface area (Å²) < 4.78 is 22.5. The van der Waals surface area contributed by atoms with E-state index < -0.39 is 0 Å². The van der Waals surface area contributed by atoms with Gasteiger partial charge in [-0.15, -0.1) is 0 Å². The maximum Gasteiger partial charge on any atom is 0.160 e. The minimum atomic E-state index is -0.303. The number of nitrogens with zero attached hydrogens (tertiary/aromatic N) is 6. The van der Waals surface area contributed by atoms with Crippen LogP contribution in [-0.2, 0) is 7.05 Å². The van der Waals surface area contributed by atoms with Gasteiger partial charge in [0, 0.05) is 30.4 Å². The molecule has 0 atom stereocenters. The molecular formula is C23H19ClFN7O. The Morgan fingerprint density at radius 3 is 2.55 bits per heavy atom. The molecule has 1 N–H and O–H groups in total. The van der Waals surface area contributed by atoms with Crippen molar-refractivity contribution in [2.75, 3.05) is 12.4 Å². The van der Waals surface area contributed by atoms with Crippen molar-refractivity contribution in [2.24, 2.45) is 7.05 Å². The van der Waals surface area contributed by atoms with E-state index in [1.54, 1.807) is 36.3 Å². The highest BCUT2D eigenvalue weighted by Crippen LogP contribution is 2.33. The van der Waals surface area contributed by atoms with E-state index in [1.165, 1.54) is 12.1 Å². The highest BCUT2D eigenvalue weighted by atomic mass is 35.5. The molecule has 166 valence electrons. The Labute approximate surface area is 193 Å². The number of imidazole rings is 1. The number of ether oxygens (including phenoxy) is 1. The molecule has 0 spiro atoms. The summed E-state index contributed by atoms with van der Waals surface area (Å²) in [6, 6.07) is 13.5. The number of aromatic nitrogens is 6. The highest BCUT2D eigenvalue weighted by molar-refractivity contribution is 6.30. The van der Waals surface area contributed by atoms with Crippen molar-refractivity contribution in [2.45, 2.75) is 6.92 Å². The number of fused-ring (bicyclic) bond motifs is 1. The summed E-state index contributed by atoms with van der Waals surface area (Å²) in [4.78, 5) is 13.4. The molecular weight excluding hydrogens is 445 g/mol. The molecule has 8 nitrogen and oxygen atoms in total. The van der Waals surface area contributed by atoms with Crippen molar-refractivity contribution < 1.29 is 9.13 Å². The zero-order valence-electron chi connectivity index (χ0n) is 18.0. The first-order valence-corrected chi connectivity index (χ1v) is 10.4. The maximum atomic E-state index is 13.4. The molecule has 0 aliphatic carbocycles. The lowest BCUT2D eigenvalue weighted by Crippen LogP contribution is -2.01. The van der Waals surface area contributed by atoms with Crippen LogP contribution >= 0.6 is 11.6 Å². The van der Waals surface area contributed by atoms with E-state index in [1.807, 2.05) is 36.7 Å². The van der Waals surface area contributed by atoms with Crippen LogP contribution in [0.3, 0.4) is 0 Å². The molecule has 2 aromatic carbocycles. The molecule has 3 aromatic heterocycles. The molecule has 5 aromatic rings. The molecule has 0 saturated carbocycles. The van der Waals surface area contributed by atoms with Gasteiger partial charge in [0.2, 0.25) is 0 Å². The van der Waals surface area contributed by atoms with Gasteiger partial charge in [0.15, 0.2) is 5.82 Å². The normalized spacial score (nSPS) is 11.2. The van der Waals surface area contributed by atoms with E-state index in [4.69, 9.17) is 21.3 Å². The minimum Gasteiger partial charge on any atom is -0.494 e. The van der Waals surface area contributed by atoms with Gasteiger partial charge in [-0.25, -0.2) is 24.0 Å². The summed E-state index contributed by atoms with van der Waals surface area (Å²) in [7, 11) is 3.47. The van der Waals surface area contributed by atoms with E-state index >= 15 is 0 Å². The van der Waals surface area contributed by atoms with Gasteiger partial charge in [0.1, 0.15) is 45.9 Å². The number of pyridine rings is 1. The molecule has 0 fully saturated rings. The quantitative estimate of drug-likeness (QED) is 0.366. The third kappa shape index (κ3) is 3.87. The fraction of sp³-hybridized carbons (Fsp3) is 0.130. The average Bonchev–Trinajstić information content (AvgIpc) is 3.38. The first-order chi connectivity index (χ1) is 15.9. The highest BCUT2D eigenvalue weighted by Gasteiger charge is 2.17. The predicted octanol–water partition coefficient (Wildman–Crippen LogP) is 5.07. The van der Waals surface area contributed by atoms with Gasteiger partial charge in [0.05, 0.1) is 12.6 Å². The van der Waals surface area contributed by atoms with Crippen LogP contribution in [0.5, 0.6) is 5.75 Å². The molecule has 0 saturated heterocycles. The second kappa shape index (κ2) is 8.18. The smallest absolute Gasteiger partial charge is 0.160 e. The number of anilines is 2. The third-order valence-corrected chi connectivity index (χ3v) is 5.43. The lowest BCUT2D eigenvalue weighted by molar-refractivity contribution is 0.412. The second-order valence-electron chi connectivity index (χ2n) is 7.41. The summed E-state index contributed by atoms with van der Waals surface area (Å²) in [6.07, 6.45) is 1.63. The van der Waals surface area contributed by atoms with Gasteiger partial charge in [-0.3, -0.25) is 0 Å². The van der Waals surface area contributed by atoms with Crippen molar-refractivity contribution >= 4 is 34.1 Å². The Morgan fingerprint density at radius 1 is 1.06 bits per heavy atom. The topological polar surface area (TPSA) is 82.7 Å². The number of hydrogen-bond donors (Lipinski definition) is 1. The van der Waals surface area contributed by atoms with Gasteiger partial charge in [0.25, 0.3) is 0 Å². The summed E-state index contributed by atoms with van der Waals surface area (Å²) >= 11 is 6.32. The molecule has 10 heteroatoms. The number of hydrogen-bond acceptors (Lipinski definition) is 6. The Hall–Kier alpha value is -3.98. The Kier molecular flexibility index (Phi) is 5.18. The summed E-state index contributed by atoms with van der Waals surface area (Å²) in [5.41, 5.74) is 3.70. The number of aryl methyl sites for hydroxylation is 2. The van der Waals surface area contributed by atoms with Crippen LogP contribution in [0, 0.1) is 12.7 Å². The third-order valence-electron chi connectivity index (χ3n) is 5.24. The minimum absolute atomic E-state index is 0.303. The fourth-order valence-electron chi connectivity index (χ4n) is 3.64. The van der Waals surface area contributed by atoms with Crippen LogP contribution in [-0.4, -0.2) is 36.4 Å². The van der Waals surface area contributed by atoms with E-state index in [0.29, 0.717) is 33.9 Å². The molecule has 0 amide bonds. The number of rotatable bonds is 5. The molecule has 0 bridgehead atoms. The summed E-state index contributed by atoms with van der Waals surface area (Å²) in [5.74, 6) is 2.13. The average molecular weight is 464 g/mol. The Balaban J connectivity index is 1.56. The van der Waals surface area contributed by atoms with Gasteiger partial charge in [-0.05, 0) is 43.3 Å². The van der Waals surface area contributed by atoms with Gasteiger partial charge < -0.3 is 14.6 Å². The standard InChI is InChI=1S/C23H19ClFN7O/c1-13-26-12-32(30-13)17-9-8-16(10-19(17)33-3)27-22-21-18(11-20(24)28-22)31(2)23(29-21)14-4-6-15(25)7-5-14/h4-12H,1-3H3,(H,27,28). The number of nitrogens with one attached hydrogen (secondary N) is 1. The molecule has 33 heavy (non-hydrogen) atoms. The lowest BCUT2D eigenvalue weighted by atomic mass is 10.2. The van der Waals surface area contributed by atoms with E-state index in [9.17, 15) is 4.39 Å². The first-order valence-electron chi connectivity index (χ1n) is 10.1. The molecule has 0 unspecified atom stereocenters. The van der Waals surface area contributed by atoms with Crippen LogP contribution in [0.1, 0.15) is 5.82 Å². The number of benzene rings is 2. The van der Waals surface area contributed by atoms with E-state index in [0.717, 1.165) is 22.5 Å². The summed E-state index contributed by atoms with van der Waals surface area (Å²) in [5, 5.41) is 7.95. The van der Waals surface area contributed by atoms with Gasteiger partial charge >= 0.3 is 0 Å². The van der Waals surface area contributed by atoms with Crippen LogP contribution in [0.15, 0.2) is 54.9 Å². The Bertz CT molecular complexity index is 1480. The molecule has 5 rings (SSSR count). The molecule has 0 aliphatic rings. The van der Waals surface area contributed by atoms with Crippen LogP contribution in [0.4, 0.5) is 15.9 Å². The first kappa shape index (κ1) is 20.9. The zero-order chi connectivity index (χ0) is 23.1. The van der Waals surface area contributed by atoms with Crippen LogP contribution in [0.25, 0.3) is 28.1 Å². The van der Waals surface area contributed by atoms with Crippen molar-refractivity contribution in [1.29, 1.82) is 0 Å². The van der Waals surface area contributed by atoms with Crippen LogP contribution < -0.4 is 10.1 Å². The monoisotopic (exact) mass is 463 g/mol. The van der Waals surface area contributed by atoms with Gasteiger partial charge in [-0.2, -0.15) is 5.10 Å². The van der Waals surface area contributed by atoms with E-state index in [-0.39, 0.29) is 5.82 Å². The number of halogens is 2. The van der Waals surface area contributed by atoms with Crippen LogP contribution in [0.2, 0.25) is 5.15 Å². The van der Waals surface area contributed by atoms with Crippen molar-refractivity contribution in [1.82, 2.24) is 29.3 Å². The van der Waals surface area contributed by atoms with Crippen molar-refractivity contribution in [3.05, 3.63) is 71.7 Å². The largest absolute Gasteiger partial charge is 0.494 e. The van der Waals surface area contributed by atoms with E-state index in [2.05, 4.69) is 20.4 Å². The predicted molar refractivity (Wildman–Crippen MR) is 125 cm³/mol. The SMILES string of the molecule is COc1cc(Nc2nc(Cl)cc3c2nc(-c2ccc(F)cc2)n3C)ccc1-n1cnc(C)n1. The maximum absolute atomic E-state index is 13.4. The lowest BCUT2D eigenvalue weighted by Gasteiger charge is -2.12. The zero-order valence-corrected chi connectivity index (χ0v) is 18.8. The molecule has 0 aliphatic heterocycles. The molecule has 3 heterocycles. The van der Waals surface area contributed by atoms with Crippen molar-refractivity contribution in [3.8, 4) is 22.8 Å². The fourth-order valence-corrected chi connectivity index (χ4v) is 3.83. The second-order valence-corrected chi connectivity index (χ2v) is 7.80.